The minimum absolute atomic E-state index is 0.131. The van der Waals surface area contributed by atoms with E-state index in [-0.39, 0.29) is 49.4 Å². The average molecular weight is 785 g/mol. The minimum atomic E-state index is -4.70. The number of rotatable bonds is 18. The maximum absolute atomic E-state index is 13.3. The summed E-state index contributed by atoms with van der Waals surface area (Å²) in [6.07, 6.45) is -7.26. The summed E-state index contributed by atoms with van der Waals surface area (Å²) in [4.78, 5) is 72.0. The third-order valence-corrected chi connectivity index (χ3v) is 11.6. The van der Waals surface area contributed by atoms with Gasteiger partial charge in [-0.1, -0.05) is 86.3 Å². The van der Waals surface area contributed by atoms with E-state index in [1.165, 1.54) is 24.3 Å². The Kier molecular flexibility index (Phi) is 14.6. The lowest BCUT2D eigenvalue weighted by molar-refractivity contribution is -0.142. The number of halogens is 6. The number of hydrogen-bond acceptors (Lipinski definition) is 7. The number of hydrogen-bond donors (Lipinski definition) is 2. The largest absolute Gasteiger partial charge is 0.413 e. The van der Waals surface area contributed by atoms with Crippen molar-refractivity contribution in [1.29, 1.82) is 0 Å². The van der Waals surface area contributed by atoms with Gasteiger partial charge in [0.05, 0.1) is 11.4 Å². The summed E-state index contributed by atoms with van der Waals surface area (Å²) >= 11 is 0. The molecule has 0 unspecified atom stereocenters. The molecule has 0 saturated carbocycles. The normalized spacial score (nSPS) is 12.3. The molecule has 2 N–H and O–H groups in total. The SMILES string of the molecule is O=c1cc(-c2ccccc2)n(CC(F)(F)F)c(=O)n1CCCCC[Si](O)O[Si](O)CCCCCn1c(=O)cc(-c2ccccc2)n(CC(F)(F)F)c1=O. The zero-order valence-electron chi connectivity index (χ0n) is 28.4. The lowest BCUT2D eigenvalue weighted by Crippen LogP contribution is -2.42. The first-order chi connectivity index (χ1) is 25.0. The molecule has 19 heteroatoms. The molecule has 0 aliphatic rings. The van der Waals surface area contributed by atoms with Gasteiger partial charge in [-0.15, -0.1) is 0 Å². The third kappa shape index (κ3) is 12.4. The number of aromatic nitrogens is 4. The highest BCUT2D eigenvalue weighted by Crippen LogP contribution is 2.23. The van der Waals surface area contributed by atoms with Gasteiger partial charge in [0.1, 0.15) is 13.1 Å². The Balaban J connectivity index is 1.22. The van der Waals surface area contributed by atoms with E-state index in [4.69, 9.17) is 4.12 Å². The summed E-state index contributed by atoms with van der Waals surface area (Å²) in [6.45, 7) is -3.39. The molecule has 2 aromatic heterocycles. The molecule has 4 aromatic rings. The van der Waals surface area contributed by atoms with Gasteiger partial charge in [-0.25, -0.2) is 9.59 Å². The van der Waals surface area contributed by atoms with Crippen LogP contribution in [0.25, 0.3) is 22.5 Å². The Morgan fingerprint density at radius 2 is 0.887 bits per heavy atom. The molecule has 0 bridgehead atoms. The molecule has 2 heterocycles. The van der Waals surface area contributed by atoms with Gasteiger partial charge in [-0.05, 0) is 36.1 Å². The predicted octanol–water partition coefficient (Wildman–Crippen LogP) is 4.81. The van der Waals surface area contributed by atoms with E-state index in [2.05, 4.69) is 0 Å². The first-order valence-corrected chi connectivity index (χ1v) is 19.9. The van der Waals surface area contributed by atoms with Crippen molar-refractivity contribution in [3.05, 3.63) is 114 Å². The molecular formula is C34H38F6N4O7Si2. The molecule has 0 amide bonds. The zero-order valence-corrected chi connectivity index (χ0v) is 30.4. The predicted molar refractivity (Wildman–Crippen MR) is 187 cm³/mol. The van der Waals surface area contributed by atoms with Crippen LogP contribution in [0.3, 0.4) is 0 Å². The molecule has 286 valence electrons. The molecule has 4 rings (SSSR count). The Labute approximate surface area is 302 Å². The van der Waals surface area contributed by atoms with Gasteiger partial charge in [-0.2, -0.15) is 26.3 Å². The fraction of sp³-hybridized carbons (Fsp3) is 0.412. The second kappa shape index (κ2) is 18.6. The lowest BCUT2D eigenvalue weighted by atomic mass is 10.1. The van der Waals surface area contributed by atoms with Crippen LogP contribution < -0.4 is 22.5 Å². The highest BCUT2D eigenvalue weighted by atomic mass is 28.4. The summed E-state index contributed by atoms with van der Waals surface area (Å²) in [6, 6.07) is 18.1. The first-order valence-electron chi connectivity index (χ1n) is 16.7. The first kappa shape index (κ1) is 41.4. The van der Waals surface area contributed by atoms with E-state index >= 15 is 0 Å². The maximum Gasteiger partial charge on any atom is 0.406 e. The van der Waals surface area contributed by atoms with Crippen molar-refractivity contribution in [3.8, 4) is 22.5 Å². The molecule has 0 saturated heterocycles. The molecule has 0 aliphatic carbocycles. The lowest BCUT2D eigenvalue weighted by Gasteiger charge is -2.17. The second-order valence-corrected chi connectivity index (χ2v) is 15.6. The van der Waals surface area contributed by atoms with E-state index in [9.17, 15) is 55.1 Å². The molecule has 2 aromatic carbocycles. The maximum atomic E-state index is 13.3. The van der Waals surface area contributed by atoms with E-state index in [1.807, 2.05) is 0 Å². The van der Waals surface area contributed by atoms with Crippen LogP contribution in [0, 0.1) is 0 Å². The average Bonchev–Trinajstić information content (AvgIpc) is 3.09. The van der Waals surface area contributed by atoms with Crippen LogP contribution in [0.5, 0.6) is 0 Å². The highest BCUT2D eigenvalue weighted by Gasteiger charge is 2.32. The molecular weight excluding hydrogens is 747 g/mol. The van der Waals surface area contributed by atoms with Crippen molar-refractivity contribution in [1.82, 2.24) is 18.3 Å². The third-order valence-electron chi connectivity index (χ3n) is 8.15. The van der Waals surface area contributed by atoms with Crippen LogP contribution in [-0.2, 0) is 30.3 Å². The van der Waals surface area contributed by atoms with Crippen molar-refractivity contribution < 1.29 is 40.0 Å². The number of benzene rings is 2. The van der Waals surface area contributed by atoms with Crippen molar-refractivity contribution in [3.63, 3.8) is 0 Å². The molecule has 0 fully saturated rings. The topological polar surface area (TPSA) is 138 Å². The van der Waals surface area contributed by atoms with Crippen LogP contribution in [0.1, 0.15) is 38.5 Å². The zero-order chi connectivity index (χ0) is 38.8. The quantitative estimate of drug-likeness (QED) is 0.0840. The summed E-state index contributed by atoms with van der Waals surface area (Å²) in [5.41, 5.74) is -3.33. The fourth-order valence-electron chi connectivity index (χ4n) is 5.69. The van der Waals surface area contributed by atoms with E-state index in [0.717, 1.165) is 21.3 Å². The molecule has 0 aliphatic heterocycles. The van der Waals surface area contributed by atoms with Gasteiger partial charge < -0.3 is 13.7 Å². The van der Waals surface area contributed by atoms with E-state index in [0.29, 0.717) is 45.9 Å². The van der Waals surface area contributed by atoms with Crippen molar-refractivity contribution in [2.75, 3.05) is 0 Å². The molecule has 53 heavy (non-hydrogen) atoms. The van der Waals surface area contributed by atoms with Crippen molar-refractivity contribution in [2.24, 2.45) is 0 Å². The second-order valence-electron chi connectivity index (χ2n) is 12.2. The fourth-order valence-corrected chi connectivity index (χ4v) is 8.70. The summed E-state index contributed by atoms with van der Waals surface area (Å²) in [5, 5.41) is 0. The van der Waals surface area contributed by atoms with Crippen LogP contribution >= 0.6 is 0 Å². The van der Waals surface area contributed by atoms with Crippen molar-refractivity contribution >= 4 is 18.6 Å². The molecule has 0 atom stereocenters. The molecule has 0 spiro atoms. The van der Waals surface area contributed by atoms with E-state index < -0.39 is 66.5 Å². The molecule has 2 radical (unpaired) electrons. The highest BCUT2D eigenvalue weighted by molar-refractivity contribution is 6.57. The van der Waals surface area contributed by atoms with Gasteiger partial charge in [0.2, 0.25) is 0 Å². The monoisotopic (exact) mass is 784 g/mol. The smallest absolute Gasteiger partial charge is 0.406 e. The number of unbranched alkanes of at least 4 members (excludes halogenated alkanes) is 4. The van der Waals surface area contributed by atoms with Gasteiger partial charge >= 0.3 is 42.3 Å². The van der Waals surface area contributed by atoms with Crippen LogP contribution in [-0.4, -0.2) is 58.8 Å². The number of alkyl halides is 6. The van der Waals surface area contributed by atoms with Gasteiger partial charge in [-0.3, -0.25) is 27.9 Å². The molecule has 11 nitrogen and oxygen atoms in total. The van der Waals surface area contributed by atoms with Gasteiger partial charge in [0, 0.05) is 25.2 Å². The Bertz CT molecular complexity index is 1890. The minimum Gasteiger partial charge on any atom is -0.413 e. The van der Waals surface area contributed by atoms with Gasteiger partial charge in [0.15, 0.2) is 0 Å². The summed E-state index contributed by atoms with van der Waals surface area (Å²) < 4.78 is 87.9. The standard InChI is InChI=1S/C34H38F6N4O7Si2/c35-33(36,37)23-43-27(25-13-5-1-6-14-25)21-29(45)41(31(43)47)17-9-3-11-19-52(49)51-53(50)20-12-4-10-18-42-30(46)22-28(26-15-7-2-8-16-26)44(32(42)48)24-34(38,39)40/h1-2,5-8,13-16,21-22,49-50H,3-4,9-12,17-20,23-24H2. The van der Waals surface area contributed by atoms with Crippen LogP contribution in [0.15, 0.2) is 92.0 Å². The Morgan fingerprint density at radius 1 is 0.528 bits per heavy atom. The van der Waals surface area contributed by atoms with Crippen LogP contribution in [0.2, 0.25) is 12.1 Å². The summed E-state index contributed by atoms with van der Waals surface area (Å²) in [5.74, 6) is 0. The van der Waals surface area contributed by atoms with Gasteiger partial charge in [0.25, 0.3) is 11.1 Å². The van der Waals surface area contributed by atoms with Crippen LogP contribution in [0.4, 0.5) is 26.3 Å². The van der Waals surface area contributed by atoms with Crippen molar-refractivity contribution in [2.45, 2.75) is 89.1 Å². The Morgan fingerprint density at radius 3 is 1.23 bits per heavy atom. The summed E-state index contributed by atoms with van der Waals surface area (Å²) in [7, 11) is -4.80. The number of nitrogens with zero attached hydrogens (tertiary/aromatic N) is 4. The van der Waals surface area contributed by atoms with E-state index in [1.54, 1.807) is 36.4 Å². The Hall–Kier alpha value is -4.31.